The minimum atomic E-state index is -1.60. The Labute approximate surface area is 213 Å². The van der Waals surface area contributed by atoms with Gasteiger partial charge in [0.15, 0.2) is 0 Å². The van der Waals surface area contributed by atoms with Gasteiger partial charge in [-0.15, -0.1) is 0 Å². The van der Waals surface area contributed by atoms with Gasteiger partial charge in [0, 0.05) is 32.8 Å². The van der Waals surface area contributed by atoms with E-state index in [0.29, 0.717) is 11.1 Å². The number of hydrogen-bond acceptors (Lipinski definition) is 11. The van der Waals surface area contributed by atoms with E-state index in [9.17, 15) is 29.1 Å². The number of rotatable bonds is 7. The number of aliphatic hydroxyl groups is 1. The molecule has 1 heterocycles. The molecular formula is C26H30O11. The summed E-state index contributed by atoms with van der Waals surface area (Å²) in [5, 5.41) is 11.7. The normalized spacial score (nSPS) is 30.8. The quantitative estimate of drug-likeness (QED) is 0.224. The maximum atomic E-state index is 13.1. The van der Waals surface area contributed by atoms with Crippen LogP contribution >= 0.6 is 0 Å². The van der Waals surface area contributed by atoms with Crippen LogP contribution in [0.1, 0.15) is 34.1 Å². The Bertz CT molecular complexity index is 1110. The van der Waals surface area contributed by atoms with Crippen molar-refractivity contribution in [2.45, 2.75) is 58.0 Å². The number of fused-ring (bicyclic) bond motifs is 3. The molecule has 6 atom stereocenters. The van der Waals surface area contributed by atoms with Gasteiger partial charge in [-0.05, 0) is 30.2 Å². The minimum Gasteiger partial charge on any atom is -0.462 e. The molecule has 0 amide bonds. The second-order valence-electron chi connectivity index (χ2n) is 9.23. The molecule has 1 N–H and O–H groups in total. The van der Waals surface area contributed by atoms with Crippen LogP contribution in [0.15, 0.2) is 47.6 Å². The molecule has 1 aliphatic heterocycles. The molecule has 3 rings (SSSR count). The van der Waals surface area contributed by atoms with E-state index in [4.69, 9.17) is 23.7 Å². The summed E-state index contributed by atoms with van der Waals surface area (Å²) >= 11 is 0. The summed E-state index contributed by atoms with van der Waals surface area (Å²) in [7, 11) is 0. The van der Waals surface area contributed by atoms with E-state index in [2.05, 4.69) is 13.2 Å². The minimum absolute atomic E-state index is 0.0215. The fraction of sp³-hybridized carbons (Fsp3) is 0.500. The maximum absolute atomic E-state index is 13.1. The fourth-order valence-corrected chi connectivity index (χ4v) is 4.96. The molecule has 200 valence electrons. The average molecular weight is 519 g/mol. The summed E-state index contributed by atoms with van der Waals surface area (Å²) in [5.41, 5.74) is -0.901. The summed E-state index contributed by atoms with van der Waals surface area (Å²) < 4.78 is 26.4. The average Bonchev–Trinajstić information content (AvgIpc) is 3.18. The molecule has 37 heavy (non-hydrogen) atoms. The third kappa shape index (κ3) is 5.66. The van der Waals surface area contributed by atoms with Gasteiger partial charge in [0.05, 0.1) is 23.0 Å². The van der Waals surface area contributed by atoms with Crippen molar-refractivity contribution in [2.75, 3.05) is 13.2 Å². The predicted molar refractivity (Wildman–Crippen MR) is 125 cm³/mol. The summed E-state index contributed by atoms with van der Waals surface area (Å²) in [5.74, 6) is -5.14. The van der Waals surface area contributed by atoms with Crippen LogP contribution in [0.25, 0.3) is 0 Å². The van der Waals surface area contributed by atoms with Crippen molar-refractivity contribution in [3.8, 4) is 0 Å². The van der Waals surface area contributed by atoms with Crippen LogP contribution in [0.4, 0.5) is 0 Å². The molecule has 0 spiro atoms. The number of carbonyl (C=O) groups excluding carboxylic acids is 5. The zero-order valence-corrected chi connectivity index (χ0v) is 21.1. The lowest BCUT2D eigenvalue weighted by Gasteiger charge is -2.33. The van der Waals surface area contributed by atoms with Crippen LogP contribution < -0.4 is 0 Å². The zero-order chi connectivity index (χ0) is 27.7. The van der Waals surface area contributed by atoms with Crippen LogP contribution in [0, 0.1) is 11.8 Å². The maximum Gasteiger partial charge on any atom is 0.337 e. The van der Waals surface area contributed by atoms with Gasteiger partial charge in [-0.1, -0.05) is 13.2 Å². The number of carbonyl (C=O) groups is 5. The van der Waals surface area contributed by atoms with Crippen molar-refractivity contribution >= 4 is 29.8 Å². The van der Waals surface area contributed by atoms with Gasteiger partial charge >= 0.3 is 29.8 Å². The molecule has 3 aliphatic rings. The topological polar surface area (TPSA) is 152 Å². The third-order valence-electron chi connectivity index (χ3n) is 6.73. The van der Waals surface area contributed by atoms with Gasteiger partial charge in [-0.3, -0.25) is 14.4 Å². The Hall–Kier alpha value is -3.73. The zero-order valence-electron chi connectivity index (χ0n) is 21.1. The molecule has 0 aromatic carbocycles. The molecule has 0 aromatic rings. The van der Waals surface area contributed by atoms with E-state index in [1.165, 1.54) is 26.0 Å². The van der Waals surface area contributed by atoms with E-state index in [0.717, 1.165) is 6.92 Å². The summed E-state index contributed by atoms with van der Waals surface area (Å²) in [4.78, 5) is 59.7. The molecule has 0 aromatic heterocycles. The van der Waals surface area contributed by atoms with E-state index in [1.54, 1.807) is 6.92 Å². The molecule has 2 fully saturated rings. The fourth-order valence-electron chi connectivity index (χ4n) is 4.96. The van der Waals surface area contributed by atoms with Crippen molar-refractivity contribution in [1.29, 1.82) is 0 Å². The van der Waals surface area contributed by atoms with E-state index in [-0.39, 0.29) is 24.2 Å². The SMILES string of the molecule is C=C1C(=O)O[C@H]2[C@H]1[C@@H](OC(=O)/C(=C\COC(C)=O)COC(C)=O)C=C(C)[C@]1(O)C[C@H](OC(C)=O)C(=C)[C@H]21. The molecule has 0 radical (unpaired) electrons. The molecule has 0 unspecified atom stereocenters. The Morgan fingerprint density at radius 3 is 2.35 bits per heavy atom. The van der Waals surface area contributed by atoms with Crippen molar-refractivity contribution in [1.82, 2.24) is 0 Å². The van der Waals surface area contributed by atoms with Crippen molar-refractivity contribution in [3.63, 3.8) is 0 Å². The molecular weight excluding hydrogens is 488 g/mol. The highest BCUT2D eigenvalue weighted by molar-refractivity contribution is 5.92. The summed E-state index contributed by atoms with van der Waals surface area (Å²) in [6, 6.07) is 0. The van der Waals surface area contributed by atoms with Crippen molar-refractivity contribution in [2.24, 2.45) is 11.8 Å². The second kappa shape index (κ2) is 10.7. The highest BCUT2D eigenvalue weighted by Gasteiger charge is 2.62. The first-order valence-corrected chi connectivity index (χ1v) is 11.6. The second-order valence-corrected chi connectivity index (χ2v) is 9.23. The first-order chi connectivity index (χ1) is 17.3. The molecule has 1 saturated heterocycles. The molecule has 0 bridgehead atoms. The summed E-state index contributed by atoms with van der Waals surface area (Å²) in [6.45, 7) is 12.4. The van der Waals surface area contributed by atoms with Gasteiger partial charge < -0.3 is 28.8 Å². The van der Waals surface area contributed by atoms with E-state index < -0.39 is 72.2 Å². The van der Waals surface area contributed by atoms with Crippen LogP contribution in [0.2, 0.25) is 0 Å². The Balaban J connectivity index is 1.96. The predicted octanol–water partition coefficient (Wildman–Crippen LogP) is 1.25. The van der Waals surface area contributed by atoms with Crippen LogP contribution in [-0.4, -0.2) is 72.1 Å². The smallest absolute Gasteiger partial charge is 0.337 e. The lowest BCUT2D eigenvalue weighted by molar-refractivity contribution is -0.149. The van der Waals surface area contributed by atoms with Crippen LogP contribution in [-0.2, 0) is 47.7 Å². The highest BCUT2D eigenvalue weighted by atomic mass is 16.6. The third-order valence-corrected chi connectivity index (χ3v) is 6.73. The number of ether oxygens (including phenoxy) is 5. The Kier molecular flexibility index (Phi) is 8.06. The monoisotopic (exact) mass is 518 g/mol. The molecule has 2 aliphatic carbocycles. The Morgan fingerprint density at radius 1 is 1.11 bits per heavy atom. The molecule has 11 heteroatoms. The number of esters is 5. The largest absolute Gasteiger partial charge is 0.462 e. The molecule has 11 nitrogen and oxygen atoms in total. The molecule has 1 saturated carbocycles. The van der Waals surface area contributed by atoms with Gasteiger partial charge in [0.25, 0.3) is 0 Å². The van der Waals surface area contributed by atoms with Crippen LogP contribution in [0.5, 0.6) is 0 Å². The highest BCUT2D eigenvalue weighted by Crippen LogP contribution is 2.54. The lowest BCUT2D eigenvalue weighted by atomic mass is 9.77. The van der Waals surface area contributed by atoms with E-state index >= 15 is 0 Å². The van der Waals surface area contributed by atoms with E-state index in [1.807, 2.05) is 0 Å². The lowest BCUT2D eigenvalue weighted by Crippen LogP contribution is -2.43. The number of hydrogen-bond donors (Lipinski definition) is 1. The van der Waals surface area contributed by atoms with Gasteiger partial charge in [0.2, 0.25) is 0 Å². The van der Waals surface area contributed by atoms with Crippen LogP contribution in [0.3, 0.4) is 0 Å². The summed E-state index contributed by atoms with van der Waals surface area (Å²) in [6.07, 6.45) is -0.181. The van der Waals surface area contributed by atoms with Gasteiger partial charge in [-0.25, -0.2) is 9.59 Å². The first-order valence-electron chi connectivity index (χ1n) is 11.6. The van der Waals surface area contributed by atoms with Gasteiger partial charge in [0.1, 0.15) is 31.5 Å². The standard InChI is InChI=1S/C26H30O11/c1-12-9-19(36-25(31)18(11-34-16(5)28)7-8-33-15(4)27)21-14(3)24(30)37-23(21)22-13(2)20(35-17(6)29)10-26(12,22)32/h7,9,19-23,32H,2-3,8,10-11H2,1,4-6H3/b18-7-/t19-,20-,21+,22+,23-,26+/m0/s1. The first kappa shape index (κ1) is 27.9. The van der Waals surface area contributed by atoms with Gasteiger partial charge in [-0.2, -0.15) is 0 Å². The van der Waals surface area contributed by atoms with Crippen molar-refractivity contribution in [3.05, 3.63) is 47.6 Å². The Morgan fingerprint density at radius 2 is 1.76 bits per heavy atom. The van der Waals surface area contributed by atoms with Crippen molar-refractivity contribution < 1.29 is 52.8 Å².